The second-order valence-electron chi connectivity index (χ2n) is 7.61. The second-order valence-corrected chi connectivity index (χ2v) is 10.2. The van der Waals surface area contributed by atoms with Gasteiger partial charge in [-0.2, -0.15) is 0 Å². The molecule has 0 saturated carbocycles. The van der Waals surface area contributed by atoms with Gasteiger partial charge >= 0.3 is 0 Å². The van der Waals surface area contributed by atoms with E-state index >= 15 is 0 Å². The van der Waals surface area contributed by atoms with E-state index in [4.69, 9.17) is 4.74 Å². The Morgan fingerprint density at radius 1 is 0.968 bits per heavy atom. The minimum Gasteiger partial charge on any atom is -0.372 e. The van der Waals surface area contributed by atoms with E-state index in [1.54, 1.807) is 24.3 Å². The Kier molecular flexibility index (Phi) is 6.72. The number of nitrogens with one attached hydrogen (secondary N) is 1. The molecule has 0 radical (unpaired) electrons. The Bertz CT molecular complexity index is 1170. The number of aryl methyl sites for hydroxylation is 1. The first-order valence-electron chi connectivity index (χ1n) is 10.1. The van der Waals surface area contributed by atoms with E-state index in [1.165, 1.54) is 5.56 Å². The highest BCUT2D eigenvalue weighted by atomic mass is 79.9. The molecule has 1 N–H and O–H groups in total. The standard InChI is InChI=1S/C25H24BrNO3S/c1-18-6-13-22(14-7-18)31(28,29)27-25-23-5-3-2-4-20(23)10-15-24(25)30-17-16-19-8-11-21(26)12-9-19/h2-15,24-25,27H,16-17H2,1H3/t24-,25-/m1/s1. The molecule has 2 atom stereocenters. The van der Waals surface area contributed by atoms with Gasteiger partial charge in [-0.25, -0.2) is 13.1 Å². The molecule has 0 bridgehead atoms. The minimum atomic E-state index is -3.70. The first-order chi connectivity index (χ1) is 14.9. The molecule has 0 unspecified atom stereocenters. The van der Waals surface area contributed by atoms with Crippen molar-refractivity contribution >= 4 is 32.0 Å². The van der Waals surface area contributed by atoms with Crippen molar-refractivity contribution in [3.63, 3.8) is 0 Å². The van der Waals surface area contributed by atoms with Gasteiger partial charge in [0.25, 0.3) is 0 Å². The summed E-state index contributed by atoms with van der Waals surface area (Å²) in [7, 11) is -3.70. The van der Waals surface area contributed by atoms with Crippen LogP contribution in [0.25, 0.3) is 6.08 Å². The quantitative estimate of drug-likeness (QED) is 0.473. The van der Waals surface area contributed by atoms with Crippen molar-refractivity contribution in [1.29, 1.82) is 0 Å². The van der Waals surface area contributed by atoms with Crippen LogP contribution in [-0.2, 0) is 21.2 Å². The first-order valence-corrected chi connectivity index (χ1v) is 12.4. The fourth-order valence-corrected chi connectivity index (χ4v) is 5.12. The lowest BCUT2D eigenvalue weighted by Gasteiger charge is -2.30. The first kappa shape index (κ1) is 22.0. The Hall–Kier alpha value is -2.25. The lowest BCUT2D eigenvalue weighted by molar-refractivity contribution is 0.0651. The fourth-order valence-electron chi connectivity index (χ4n) is 3.63. The lowest BCUT2D eigenvalue weighted by Crippen LogP contribution is -2.38. The molecule has 4 nitrogen and oxygen atoms in total. The van der Waals surface area contributed by atoms with Gasteiger partial charge in [0.1, 0.15) is 0 Å². The van der Waals surface area contributed by atoms with Crippen molar-refractivity contribution in [3.05, 3.63) is 106 Å². The maximum atomic E-state index is 13.1. The van der Waals surface area contributed by atoms with E-state index in [-0.39, 0.29) is 4.90 Å². The summed E-state index contributed by atoms with van der Waals surface area (Å²) in [6.45, 7) is 2.42. The van der Waals surface area contributed by atoms with Gasteiger partial charge in [0.2, 0.25) is 10.0 Å². The van der Waals surface area contributed by atoms with Gasteiger partial charge in [-0.1, -0.05) is 82.2 Å². The van der Waals surface area contributed by atoms with E-state index in [1.807, 2.05) is 55.5 Å². The number of hydrogen-bond donors (Lipinski definition) is 1. The highest BCUT2D eigenvalue weighted by molar-refractivity contribution is 9.10. The van der Waals surface area contributed by atoms with Gasteiger partial charge in [0.15, 0.2) is 0 Å². The molecule has 0 saturated heterocycles. The highest BCUT2D eigenvalue weighted by Gasteiger charge is 2.31. The molecule has 1 aliphatic rings. The molecule has 0 aliphatic heterocycles. The third kappa shape index (κ3) is 5.33. The summed E-state index contributed by atoms with van der Waals surface area (Å²) in [5, 5.41) is 0. The third-order valence-corrected chi connectivity index (χ3v) is 7.34. The van der Waals surface area contributed by atoms with Crippen molar-refractivity contribution in [2.45, 2.75) is 30.4 Å². The summed E-state index contributed by atoms with van der Waals surface area (Å²) >= 11 is 3.44. The molecule has 4 rings (SSSR count). The number of benzene rings is 3. The number of hydrogen-bond acceptors (Lipinski definition) is 3. The van der Waals surface area contributed by atoms with Crippen LogP contribution in [0.4, 0.5) is 0 Å². The van der Waals surface area contributed by atoms with E-state index in [0.29, 0.717) is 6.61 Å². The average Bonchev–Trinajstić information content (AvgIpc) is 2.76. The number of rotatable bonds is 7. The van der Waals surface area contributed by atoms with Crippen LogP contribution in [-0.4, -0.2) is 21.1 Å². The smallest absolute Gasteiger partial charge is 0.241 e. The zero-order chi connectivity index (χ0) is 21.8. The molecular formula is C25H24BrNO3S. The third-order valence-electron chi connectivity index (χ3n) is 5.35. The largest absolute Gasteiger partial charge is 0.372 e. The summed E-state index contributed by atoms with van der Waals surface area (Å²) in [6.07, 6.45) is 4.28. The molecule has 1 aliphatic carbocycles. The van der Waals surface area contributed by atoms with Gasteiger partial charge < -0.3 is 4.74 Å². The van der Waals surface area contributed by atoms with E-state index < -0.39 is 22.2 Å². The summed E-state index contributed by atoms with van der Waals surface area (Å²) in [5.74, 6) is 0. The monoisotopic (exact) mass is 497 g/mol. The molecule has 160 valence electrons. The molecule has 31 heavy (non-hydrogen) atoms. The van der Waals surface area contributed by atoms with Gasteiger partial charge in [-0.3, -0.25) is 0 Å². The number of ether oxygens (including phenoxy) is 1. The normalized spacial score (nSPS) is 18.0. The molecule has 6 heteroatoms. The van der Waals surface area contributed by atoms with Crippen LogP contribution in [0.1, 0.15) is 28.3 Å². The van der Waals surface area contributed by atoms with Crippen molar-refractivity contribution in [1.82, 2.24) is 4.72 Å². The SMILES string of the molecule is Cc1ccc(S(=O)(=O)N[C@@H]2c3ccccc3C=C[C@H]2OCCc2ccc(Br)cc2)cc1. The predicted octanol–water partition coefficient (Wildman–Crippen LogP) is 5.43. The molecule has 0 aromatic heterocycles. The topological polar surface area (TPSA) is 55.4 Å². The number of sulfonamides is 1. The van der Waals surface area contributed by atoms with E-state index in [2.05, 4.69) is 32.8 Å². The van der Waals surface area contributed by atoms with Crippen LogP contribution < -0.4 is 4.72 Å². The van der Waals surface area contributed by atoms with Crippen LogP contribution in [0, 0.1) is 6.92 Å². The summed E-state index contributed by atoms with van der Waals surface area (Å²) in [4.78, 5) is 0.249. The summed E-state index contributed by atoms with van der Waals surface area (Å²) in [6, 6.07) is 22.3. The Morgan fingerprint density at radius 2 is 1.68 bits per heavy atom. The van der Waals surface area contributed by atoms with Crippen molar-refractivity contribution in [3.8, 4) is 0 Å². The molecule has 0 spiro atoms. The zero-order valence-electron chi connectivity index (χ0n) is 17.2. The highest BCUT2D eigenvalue weighted by Crippen LogP contribution is 2.31. The van der Waals surface area contributed by atoms with Crippen LogP contribution in [0.2, 0.25) is 0 Å². The summed E-state index contributed by atoms with van der Waals surface area (Å²) in [5.41, 5.74) is 4.08. The minimum absolute atomic E-state index is 0.249. The molecule has 3 aromatic carbocycles. The number of fused-ring (bicyclic) bond motifs is 1. The lowest BCUT2D eigenvalue weighted by atomic mass is 9.91. The second kappa shape index (κ2) is 9.49. The van der Waals surface area contributed by atoms with Crippen molar-refractivity contribution < 1.29 is 13.2 Å². The maximum Gasteiger partial charge on any atom is 0.241 e. The predicted molar refractivity (Wildman–Crippen MR) is 127 cm³/mol. The van der Waals surface area contributed by atoms with Gasteiger partial charge in [0.05, 0.1) is 23.6 Å². The molecule has 0 fully saturated rings. The van der Waals surface area contributed by atoms with E-state index in [0.717, 1.165) is 27.6 Å². The molecule has 0 heterocycles. The maximum absolute atomic E-state index is 13.1. The van der Waals surface area contributed by atoms with Crippen LogP contribution in [0.15, 0.2) is 88.2 Å². The number of halogens is 1. The molecule has 3 aromatic rings. The molecule has 0 amide bonds. The van der Waals surface area contributed by atoms with Crippen LogP contribution >= 0.6 is 15.9 Å². The van der Waals surface area contributed by atoms with Gasteiger partial charge in [0, 0.05) is 4.47 Å². The van der Waals surface area contributed by atoms with E-state index in [9.17, 15) is 8.42 Å². The van der Waals surface area contributed by atoms with Crippen molar-refractivity contribution in [2.24, 2.45) is 0 Å². The Labute approximate surface area is 192 Å². The Morgan fingerprint density at radius 3 is 2.42 bits per heavy atom. The molecular weight excluding hydrogens is 474 g/mol. The summed E-state index contributed by atoms with van der Waals surface area (Å²) < 4.78 is 36.3. The van der Waals surface area contributed by atoms with Crippen LogP contribution in [0.3, 0.4) is 0 Å². The van der Waals surface area contributed by atoms with Gasteiger partial charge in [-0.05, 0) is 54.3 Å². The Balaban J connectivity index is 1.54. The van der Waals surface area contributed by atoms with Gasteiger partial charge in [-0.15, -0.1) is 0 Å². The zero-order valence-corrected chi connectivity index (χ0v) is 19.6. The average molecular weight is 498 g/mol. The van der Waals surface area contributed by atoms with Crippen LogP contribution in [0.5, 0.6) is 0 Å². The van der Waals surface area contributed by atoms with Crippen molar-refractivity contribution in [2.75, 3.05) is 6.61 Å². The fraction of sp³-hybridized carbons (Fsp3) is 0.200.